The summed E-state index contributed by atoms with van der Waals surface area (Å²) < 4.78 is 11.2. The smallest absolute Gasteiger partial charge is 0.251 e. The van der Waals surface area contributed by atoms with Gasteiger partial charge in [-0.25, -0.2) is 0 Å². The van der Waals surface area contributed by atoms with Gasteiger partial charge in [-0.05, 0) is 59.0 Å². The van der Waals surface area contributed by atoms with Gasteiger partial charge in [0.2, 0.25) is 6.79 Å². The molecule has 182 valence electrons. The topological polar surface area (TPSA) is 50.8 Å². The number of carbonyl (C=O) groups excluding carboxylic acids is 1. The van der Waals surface area contributed by atoms with Crippen molar-refractivity contribution in [3.05, 3.63) is 120 Å². The molecule has 5 rings (SSSR count). The molecule has 1 unspecified atom stereocenters. The highest BCUT2D eigenvalue weighted by molar-refractivity contribution is 5.97. The Bertz CT molecular complexity index is 1300. The number of ether oxygens (including phenoxy) is 2. The molecular formula is C31H30N2O3. The number of benzene rings is 4. The molecule has 1 heterocycles. The number of hydrogen-bond acceptors (Lipinski definition) is 4. The summed E-state index contributed by atoms with van der Waals surface area (Å²) in [6.45, 7) is 5.06. The normalized spacial score (nSPS) is 12.9. The average molecular weight is 479 g/mol. The number of rotatable bonds is 8. The number of nitrogens with zero attached hydrogens (tertiary/aromatic N) is 1. The van der Waals surface area contributed by atoms with Crippen molar-refractivity contribution in [3.8, 4) is 11.5 Å². The van der Waals surface area contributed by atoms with Gasteiger partial charge in [-0.3, -0.25) is 4.79 Å². The van der Waals surface area contributed by atoms with Gasteiger partial charge in [0, 0.05) is 17.9 Å². The molecule has 0 saturated carbocycles. The zero-order valence-corrected chi connectivity index (χ0v) is 20.6. The van der Waals surface area contributed by atoms with Gasteiger partial charge in [-0.2, -0.15) is 0 Å². The number of para-hydroxylation sites is 1. The lowest BCUT2D eigenvalue weighted by Gasteiger charge is -2.33. The van der Waals surface area contributed by atoms with Gasteiger partial charge in [0.25, 0.3) is 5.91 Å². The summed E-state index contributed by atoms with van der Waals surface area (Å²) in [5.41, 5.74) is 4.89. The highest BCUT2D eigenvalue weighted by Crippen LogP contribution is 2.38. The van der Waals surface area contributed by atoms with E-state index in [4.69, 9.17) is 9.47 Å². The Kier molecular flexibility index (Phi) is 6.89. The van der Waals surface area contributed by atoms with Crippen LogP contribution in [0.1, 0.15) is 42.5 Å². The first-order chi connectivity index (χ1) is 17.6. The van der Waals surface area contributed by atoms with Crippen LogP contribution < -0.4 is 19.7 Å². The molecule has 0 spiro atoms. The van der Waals surface area contributed by atoms with E-state index in [-0.39, 0.29) is 12.7 Å². The second-order valence-corrected chi connectivity index (χ2v) is 9.23. The van der Waals surface area contributed by atoms with Crippen LogP contribution >= 0.6 is 0 Å². The summed E-state index contributed by atoms with van der Waals surface area (Å²) in [4.78, 5) is 16.1. The maximum Gasteiger partial charge on any atom is 0.251 e. The second kappa shape index (κ2) is 10.6. The lowest BCUT2D eigenvalue weighted by atomic mass is 10.0. The first-order valence-corrected chi connectivity index (χ1v) is 12.2. The van der Waals surface area contributed by atoms with Crippen molar-refractivity contribution in [1.29, 1.82) is 0 Å². The largest absolute Gasteiger partial charge is 0.454 e. The Morgan fingerprint density at radius 1 is 0.806 bits per heavy atom. The van der Waals surface area contributed by atoms with E-state index in [1.165, 1.54) is 5.56 Å². The molecule has 0 saturated heterocycles. The number of anilines is 2. The predicted octanol–water partition coefficient (Wildman–Crippen LogP) is 6.93. The maximum atomic E-state index is 14.0. The lowest BCUT2D eigenvalue weighted by Crippen LogP contribution is -2.37. The van der Waals surface area contributed by atoms with Crippen LogP contribution in [0.25, 0.3) is 0 Å². The third-order valence-electron chi connectivity index (χ3n) is 6.40. The van der Waals surface area contributed by atoms with Crippen LogP contribution in [0, 0.1) is 0 Å². The Labute approximate surface area is 212 Å². The molecule has 4 aromatic rings. The van der Waals surface area contributed by atoms with Crippen molar-refractivity contribution in [2.24, 2.45) is 0 Å². The van der Waals surface area contributed by atoms with Gasteiger partial charge in [-0.1, -0.05) is 80.6 Å². The fourth-order valence-electron chi connectivity index (χ4n) is 4.45. The van der Waals surface area contributed by atoms with Crippen LogP contribution in [0.3, 0.4) is 0 Å². The van der Waals surface area contributed by atoms with Crippen LogP contribution in [0.5, 0.6) is 11.5 Å². The quantitative estimate of drug-likeness (QED) is 0.298. The van der Waals surface area contributed by atoms with Crippen LogP contribution in [0.4, 0.5) is 11.4 Å². The Morgan fingerprint density at radius 3 is 2.14 bits per heavy atom. The average Bonchev–Trinajstić information content (AvgIpc) is 3.38. The highest BCUT2D eigenvalue weighted by Gasteiger charge is 2.30. The minimum atomic E-state index is -0.605. The van der Waals surface area contributed by atoms with E-state index in [1.54, 1.807) is 0 Å². The molecule has 1 amide bonds. The monoisotopic (exact) mass is 478 g/mol. The summed E-state index contributed by atoms with van der Waals surface area (Å²) in [7, 11) is 0. The van der Waals surface area contributed by atoms with Crippen molar-refractivity contribution >= 4 is 17.3 Å². The molecule has 1 N–H and O–H groups in total. The predicted molar refractivity (Wildman–Crippen MR) is 144 cm³/mol. The molecule has 0 aliphatic carbocycles. The van der Waals surface area contributed by atoms with Gasteiger partial charge in [0.15, 0.2) is 11.5 Å². The van der Waals surface area contributed by atoms with Crippen molar-refractivity contribution in [2.75, 3.05) is 17.0 Å². The number of amides is 1. The maximum absolute atomic E-state index is 14.0. The molecule has 0 radical (unpaired) electrons. The number of nitrogens with one attached hydrogen (secondary N) is 1. The minimum Gasteiger partial charge on any atom is -0.454 e. The van der Waals surface area contributed by atoms with Crippen molar-refractivity contribution < 1.29 is 14.3 Å². The van der Waals surface area contributed by atoms with E-state index in [0.717, 1.165) is 22.5 Å². The number of carbonyl (C=O) groups is 1. The zero-order chi connectivity index (χ0) is 24.9. The van der Waals surface area contributed by atoms with E-state index < -0.39 is 6.04 Å². The molecular weight excluding hydrogens is 448 g/mol. The Balaban J connectivity index is 1.55. The number of hydrogen-bond donors (Lipinski definition) is 1. The van der Waals surface area contributed by atoms with Crippen molar-refractivity contribution in [2.45, 2.75) is 32.4 Å². The van der Waals surface area contributed by atoms with Gasteiger partial charge in [0.1, 0.15) is 6.04 Å². The minimum absolute atomic E-state index is 0.119. The lowest BCUT2D eigenvalue weighted by molar-refractivity contribution is -0.117. The summed E-state index contributed by atoms with van der Waals surface area (Å²) in [6.07, 6.45) is 0. The summed E-state index contributed by atoms with van der Waals surface area (Å²) >= 11 is 0. The second-order valence-electron chi connectivity index (χ2n) is 9.23. The standard InChI is InChI=1S/C31H30N2O3/c1-22(2)24-13-16-26(17-14-24)32-31(34)30(25-15-18-28-29(19-25)36-21-35-28)33(27-11-7-4-8-12-27)20-23-9-5-3-6-10-23/h3-19,22,30H,20-21H2,1-2H3,(H,32,34). The Hall–Kier alpha value is -4.25. The molecule has 0 bridgehead atoms. The third kappa shape index (κ3) is 5.20. The van der Waals surface area contributed by atoms with Crippen LogP contribution in [-0.2, 0) is 11.3 Å². The molecule has 1 atom stereocenters. The summed E-state index contributed by atoms with van der Waals surface area (Å²) in [5.74, 6) is 1.65. The molecule has 5 heteroatoms. The summed E-state index contributed by atoms with van der Waals surface area (Å²) in [5, 5.41) is 3.16. The van der Waals surface area contributed by atoms with E-state index >= 15 is 0 Å². The SMILES string of the molecule is CC(C)c1ccc(NC(=O)C(c2ccc3c(c2)OCO3)N(Cc2ccccc2)c2ccccc2)cc1. The van der Waals surface area contributed by atoms with Crippen LogP contribution in [0.2, 0.25) is 0 Å². The van der Waals surface area contributed by atoms with Gasteiger partial charge >= 0.3 is 0 Å². The molecule has 1 aliphatic rings. The summed E-state index contributed by atoms with van der Waals surface area (Å²) in [6, 6.07) is 33.4. The molecule has 1 aliphatic heterocycles. The van der Waals surface area contributed by atoms with Crippen LogP contribution in [0.15, 0.2) is 103 Å². The molecule has 36 heavy (non-hydrogen) atoms. The van der Waals surface area contributed by atoms with Crippen molar-refractivity contribution in [3.63, 3.8) is 0 Å². The van der Waals surface area contributed by atoms with Crippen LogP contribution in [-0.4, -0.2) is 12.7 Å². The Morgan fingerprint density at radius 2 is 1.44 bits per heavy atom. The zero-order valence-electron chi connectivity index (χ0n) is 20.6. The van der Waals surface area contributed by atoms with E-state index in [0.29, 0.717) is 24.0 Å². The van der Waals surface area contributed by atoms with E-state index in [2.05, 4.69) is 48.3 Å². The molecule has 5 nitrogen and oxygen atoms in total. The highest BCUT2D eigenvalue weighted by atomic mass is 16.7. The molecule has 4 aromatic carbocycles. The molecule has 0 aromatic heterocycles. The fraction of sp³-hybridized carbons (Fsp3) is 0.194. The van der Waals surface area contributed by atoms with Gasteiger partial charge < -0.3 is 19.7 Å². The van der Waals surface area contributed by atoms with E-state index in [1.807, 2.05) is 78.9 Å². The van der Waals surface area contributed by atoms with Gasteiger partial charge in [-0.15, -0.1) is 0 Å². The van der Waals surface area contributed by atoms with E-state index in [9.17, 15) is 4.79 Å². The van der Waals surface area contributed by atoms with Crippen molar-refractivity contribution in [1.82, 2.24) is 0 Å². The van der Waals surface area contributed by atoms with Gasteiger partial charge in [0.05, 0.1) is 0 Å². The fourth-order valence-corrected chi connectivity index (χ4v) is 4.45. The third-order valence-corrected chi connectivity index (χ3v) is 6.40. The first kappa shape index (κ1) is 23.5. The molecule has 0 fully saturated rings. The first-order valence-electron chi connectivity index (χ1n) is 12.2. The number of fused-ring (bicyclic) bond motifs is 1.